The number of halogens is 1. The van der Waals surface area contributed by atoms with Gasteiger partial charge in [-0.1, -0.05) is 17.7 Å². The Bertz CT molecular complexity index is 708. The number of carbonyl (C=O) groups excluding carboxylic acids is 2. The molecular weight excluding hydrogens is 342 g/mol. The summed E-state index contributed by atoms with van der Waals surface area (Å²) in [6, 6.07) is 4.89. The molecule has 3 amide bonds. The first-order valence-electron chi connectivity index (χ1n) is 7.09. The third-order valence-corrected chi connectivity index (χ3v) is 5.40. The highest BCUT2D eigenvalue weighted by atomic mass is 35.5. The number of benzene rings is 1. The number of urea groups is 1. The molecular formula is C14H18ClN3O4S. The van der Waals surface area contributed by atoms with E-state index in [1.165, 1.54) is 6.92 Å². The van der Waals surface area contributed by atoms with E-state index in [1.807, 2.05) is 0 Å². The first-order valence-corrected chi connectivity index (χ1v) is 9.29. The van der Waals surface area contributed by atoms with Crippen LogP contribution < -0.4 is 16.0 Å². The molecule has 1 fully saturated rings. The average Bonchev–Trinajstić information content (AvgIpc) is 2.77. The van der Waals surface area contributed by atoms with Gasteiger partial charge in [0.05, 0.1) is 11.5 Å². The van der Waals surface area contributed by atoms with Gasteiger partial charge in [-0.15, -0.1) is 0 Å². The monoisotopic (exact) mass is 359 g/mol. The van der Waals surface area contributed by atoms with E-state index in [-0.39, 0.29) is 11.5 Å². The lowest BCUT2D eigenvalue weighted by molar-refractivity contribution is -0.117. The summed E-state index contributed by atoms with van der Waals surface area (Å²) in [5, 5.41) is 8.16. The molecule has 0 aromatic heterocycles. The third-order valence-electron chi connectivity index (χ3n) is 3.40. The normalized spacial score (nSPS) is 20.5. The second-order valence-corrected chi connectivity index (χ2v) is 8.10. The molecule has 0 bridgehead atoms. The number of nitrogens with one attached hydrogen (secondary N) is 3. The molecule has 1 aromatic carbocycles. The third kappa shape index (κ3) is 5.40. The predicted octanol–water partition coefficient (Wildman–Crippen LogP) is 1.15. The quantitative estimate of drug-likeness (QED) is 0.750. The Labute approximate surface area is 139 Å². The molecule has 1 heterocycles. The van der Waals surface area contributed by atoms with E-state index in [1.54, 1.807) is 24.3 Å². The van der Waals surface area contributed by atoms with Gasteiger partial charge in [-0.2, -0.15) is 0 Å². The highest BCUT2D eigenvalue weighted by Gasteiger charge is 2.29. The SMILES string of the molecule is C[C@H](NC(=O)NC1CCS(=O)(=O)C1)C(=O)Nc1cccc(Cl)c1. The van der Waals surface area contributed by atoms with Gasteiger partial charge in [-0.05, 0) is 31.5 Å². The summed E-state index contributed by atoms with van der Waals surface area (Å²) in [6.45, 7) is 1.53. The second kappa shape index (κ2) is 7.18. The van der Waals surface area contributed by atoms with Crippen molar-refractivity contribution in [3.05, 3.63) is 29.3 Å². The van der Waals surface area contributed by atoms with Crippen molar-refractivity contribution in [2.45, 2.75) is 25.4 Å². The molecule has 2 rings (SSSR count). The topological polar surface area (TPSA) is 104 Å². The maximum atomic E-state index is 12.0. The van der Waals surface area contributed by atoms with Gasteiger partial charge in [0.15, 0.2) is 9.84 Å². The van der Waals surface area contributed by atoms with E-state index in [9.17, 15) is 18.0 Å². The Hall–Kier alpha value is -1.80. The van der Waals surface area contributed by atoms with Crippen molar-refractivity contribution < 1.29 is 18.0 Å². The molecule has 3 N–H and O–H groups in total. The van der Waals surface area contributed by atoms with Gasteiger partial charge in [0.1, 0.15) is 6.04 Å². The van der Waals surface area contributed by atoms with Crippen molar-refractivity contribution in [2.24, 2.45) is 0 Å². The van der Waals surface area contributed by atoms with Crippen LogP contribution in [0.25, 0.3) is 0 Å². The van der Waals surface area contributed by atoms with E-state index in [0.717, 1.165) is 0 Å². The van der Waals surface area contributed by atoms with Crippen molar-refractivity contribution in [1.29, 1.82) is 0 Å². The summed E-state index contributed by atoms with van der Waals surface area (Å²) >= 11 is 5.83. The van der Waals surface area contributed by atoms with Crippen molar-refractivity contribution in [1.82, 2.24) is 10.6 Å². The lowest BCUT2D eigenvalue weighted by atomic mass is 10.2. The second-order valence-electron chi connectivity index (χ2n) is 5.44. The minimum absolute atomic E-state index is 0.0660. The summed E-state index contributed by atoms with van der Waals surface area (Å²) in [5.74, 6) is -0.395. The van der Waals surface area contributed by atoms with Crippen molar-refractivity contribution in [3.8, 4) is 0 Å². The van der Waals surface area contributed by atoms with Gasteiger partial charge in [0, 0.05) is 16.8 Å². The van der Waals surface area contributed by atoms with Gasteiger partial charge in [0.2, 0.25) is 5.91 Å². The predicted molar refractivity (Wildman–Crippen MR) is 88.3 cm³/mol. The van der Waals surface area contributed by atoms with Crippen LogP contribution in [0.15, 0.2) is 24.3 Å². The standard InChI is InChI=1S/C14H18ClN3O4S/c1-9(13(19)17-11-4-2-3-10(15)7-11)16-14(20)18-12-5-6-23(21,22)8-12/h2-4,7,9,12H,5-6,8H2,1H3,(H,17,19)(H2,16,18,20)/t9-,12?/m0/s1. The van der Waals surface area contributed by atoms with Crippen LogP contribution in [0.4, 0.5) is 10.5 Å². The fraction of sp³-hybridized carbons (Fsp3) is 0.429. The molecule has 1 aliphatic rings. The number of sulfone groups is 1. The lowest BCUT2D eigenvalue weighted by Crippen LogP contribution is -2.49. The van der Waals surface area contributed by atoms with Gasteiger partial charge in [-0.3, -0.25) is 4.79 Å². The number of hydrogen-bond donors (Lipinski definition) is 3. The lowest BCUT2D eigenvalue weighted by Gasteiger charge is -2.17. The number of anilines is 1. The summed E-state index contributed by atoms with van der Waals surface area (Å²) < 4.78 is 22.7. The first-order chi connectivity index (χ1) is 10.7. The maximum absolute atomic E-state index is 12.0. The Morgan fingerprint density at radius 3 is 2.70 bits per heavy atom. The molecule has 2 atom stereocenters. The number of carbonyl (C=O) groups is 2. The molecule has 0 radical (unpaired) electrons. The molecule has 0 spiro atoms. The molecule has 126 valence electrons. The van der Waals surface area contributed by atoms with Crippen LogP contribution in [-0.4, -0.2) is 43.9 Å². The highest BCUT2D eigenvalue weighted by molar-refractivity contribution is 7.91. The number of amides is 3. The molecule has 0 aliphatic carbocycles. The maximum Gasteiger partial charge on any atom is 0.315 e. The zero-order chi connectivity index (χ0) is 17.0. The zero-order valence-electron chi connectivity index (χ0n) is 12.5. The Kier molecular flexibility index (Phi) is 5.48. The van der Waals surface area contributed by atoms with Crippen LogP contribution in [0, 0.1) is 0 Å². The Morgan fingerprint density at radius 2 is 2.09 bits per heavy atom. The summed E-state index contributed by atoms with van der Waals surface area (Å²) in [4.78, 5) is 23.8. The number of rotatable bonds is 4. The first kappa shape index (κ1) is 17.6. The fourth-order valence-electron chi connectivity index (χ4n) is 2.21. The molecule has 1 aromatic rings. The van der Waals surface area contributed by atoms with E-state index in [4.69, 9.17) is 11.6 Å². The Morgan fingerprint density at radius 1 is 1.35 bits per heavy atom. The van der Waals surface area contributed by atoms with Crippen LogP contribution >= 0.6 is 11.6 Å². The highest BCUT2D eigenvalue weighted by Crippen LogP contribution is 2.15. The van der Waals surface area contributed by atoms with E-state index in [0.29, 0.717) is 17.1 Å². The molecule has 23 heavy (non-hydrogen) atoms. The summed E-state index contributed by atoms with van der Waals surface area (Å²) in [5.41, 5.74) is 0.526. The van der Waals surface area contributed by atoms with E-state index in [2.05, 4.69) is 16.0 Å². The Balaban J connectivity index is 1.82. The van der Waals surface area contributed by atoms with E-state index < -0.39 is 33.9 Å². The molecule has 7 nitrogen and oxygen atoms in total. The molecule has 9 heteroatoms. The van der Waals surface area contributed by atoms with E-state index >= 15 is 0 Å². The largest absolute Gasteiger partial charge is 0.334 e. The minimum Gasteiger partial charge on any atom is -0.334 e. The van der Waals surface area contributed by atoms with Crippen LogP contribution in [0.2, 0.25) is 5.02 Å². The molecule has 0 saturated carbocycles. The molecule has 1 saturated heterocycles. The summed E-state index contributed by atoms with van der Waals surface area (Å²) in [6.07, 6.45) is 0.388. The molecule has 1 unspecified atom stereocenters. The summed E-state index contributed by atoms with van der Waals surface area (Å²) in [7, 11) is -3.06. The van der Waals surface area contributed by atoms with Crippen LogP contribution in [0.3, 0.4) is 0 Å². The van der Waals surface area contributed by atoms with Crippen molar-refractivity contribution >= 4 is 39.1 Å². The van der Waals surface area contributed by atoms with Crippen molar-refractivity contribution in [3.63, 3.8) is 0 Å². The minimum atomic E-state index is -3.06. The fourth-order valence-corrected chi connectivity index (χ4v) is 4.08. The zero-order valence-corrected chi connectivity index (χ0v) is 14.1. The van der Waals surface area contributed by atoms with Gasteiger partial charge >= 0.3 is 6.03 Å². The van der Waals surface area contributed by atoms with Crippen LogP contribution in [0.5, 0.6) is 0 Å². The number of hydrogen-bond acceptors (Lipinski definition) is 4. The van der Waals surface area contributed by atoms with Crippen LogP contribution in [-0.2, 0) is 14.6 Å². The van der Waals surface area contributed by atoms with Crippen LogP contribution in [0.1, 0.15) is 13.3 Å². The van der Waals surface area contributed by atoms with Gasteiger partial charge in [-0.25, -0.2) is 13.2 Å². The van der Waals surface area contributed by atoms with Crippen molar-refractivity contribution in [2.75, 3.05) is 16.8 Å². The smallest absolute Gasteiger partial charge is 0.315 e. The molecule has 1 aliphatic heterocycles. The van der Waals surface area contributed by atoms with Gasteiger partial charge in [0.25, 0.3) is 0 Å². The van der Waals surface area contributed by atoms with Gasteiger partial charge < -0.3 is 16.0 Å². The average molecular weight is 360 g/mol.